The topological polar surface area (TPSA) is 21.3 Å². The number of alkyl halides is 2. The molecule has 0 heterocycles. The fraction of sp³-hybridized carbons (Fsp3) is 0.250. The molecule has 0 bridgehead atoms. The second-order valence-corrected chi connectivity index (χ2v) is 5.64. The summed E-state index contributed by atoms with van der Waals surface area (Å²) in [7, 11) is 0. The maximum atomic E-state index is 12.4. The van der Waals surface area contributed by atoms with Crippen molar-refractivity contribution in [3.05, 3.63) is 63.6 Å². The predicted molar refractivity (Wildman–Crippen MR) is 82.5 cm³/mol. The van der Waals surface area contributed by atoms with Crippen LogP contribution in [0, 0.1) is 6.92 Å². The third-order valence-corrected chi connectivity index (χ3v) is 3.46. The number of hydrogen-bond donors (Lipinski definition) is 1. The molecule has 0 spiro atoms. The van der Waals surface area contributed by atoms with Crippen LogP contribution in [-0.2, 0) is 13.1 Å². The summed E-state index contributed by atoms with van der Waals surface area (Å²) in [6, 6.07) is 13.1. The first-order valence-electron chi connectivity index (χ1n) is 6.54. The van der Waals surface area contributed by atoms with Crippen LogP contribution in [-0.4, -0.2) is 6.61 Å². The first-order valence-corrected chi connectivity index (χ1v) is 7.33. The van der Waals surface area contributed by atoms with E-state index in [1.165, 1.54) is 5.56 Å². The summed E-state index contributed by atoms with van der Waals surface area (Å²) in [6.45, 7) is 0.339. The van der Waals surface area contributed by atoms with Crippen LogP contribution in [0.4, 0.5) is 8.78 Å². The Morgan fingerprint density at radius 3 is 2.67 bits per heavy atom. The molecule has 5 heteroatoms. The molecule has 0 aromatic heterocycles. The van der Waals surface area contributed by atoms with E-state index >= 15 is 0 Å². The molecule has 2 nitrogen and oxygen atoms in total. The molecule has 0 aliphatic heterocycles. The molecule has 1 N–H and O–H groups in total. The van der Waals surface area contributed by atoms with Gasteiger partial charge >= 0.3 is 6.61 Å². The Morgan fingerprint density at radius 2 is 1.95 bits per heavy atom. The molecule has 0 atom stereocenters. The lowest BCUT2D eigenvalue weighted by Gasteiger charge is -2.12. The van der Waals surface area contributed by atoms with Gasteiger partial charge in [-0.15, -0.1) is 0 Å². The number of rotatable bonds is 6. The van der Waals surface area contributed by atoms with E-state index in [-0.39, 0.29) is 5.75 Å². The van der Waals surface area contributed by atoms with Gasteiger partial charge in [-0.05, 0) is 30.7 Å². The van der Waals surface area contributed by atoms with E-state index in [0.29, 0.717) is 18.7 Å². The van der Waals surface area contributed by atoms with Crippen LogP contribution in [0.5, 0.6) is 5.75 Å². The minimum atomic E-state index is -2.82. The number of aryl methyl sites for hydroxylation is 1. The predicted octanol–water partition coefficient (Wildman–Crippen LogP) is 4.65. The van der Waals surface area contributed by atoms with Crippen molar-refractivity contribution in [1.82, 2.24) is 5.32 Å². The Hall–Kier alpha value is -1.46. The molecule has 21 heavy (non-hydrogen) atoms. The number of nitrogens with one attached hydrogen (secondary N) is 1. The minimum absolute atomic E-state index is 0.199. The lowest BCUT2D eigenvalue weighted by atomic mass is 10.1. The molecule has 2 aromatic carbocycles. The highest BCUT2D eigenvalue weighted by atomic mass is 79.9. The van der Waals surface area contributed by atoms with E-state index in [0.717, 1.165) is 10.0 Å². The van der Waals surface area contributed by atoms with E-state index < -0.39 is 6.61 Å². The molecule has 0 saturated heterocycles. The summed E-state index contributed by atoms with van der Waals surface area (Å²) in [6.07, 6.45) is 0. The van der Waals surface area contributed by atoms with Crippen LogP contribution in [0.1, 0.15) is 16.7 Å². The maximum Gasteiger partial charge on any atom is 0.387 e. The maximum absolute atomic E-state index is 12.4. The van der Waals surface area contributed by atoms with Crippen molar-refractivity contribution >= 4 is 15.9 Å². The van der Waals surface area contributed by atoms with Gasteiger partial charge in [-0.25, -0.2) is 0 Å². The van der Waals surface area contributed by atoms with E-state index in [4.69, 9.17) is 0 Å². The van der Waals surface area contributed by atoms with Crippen LogP contribution in [0.25, 0.3) is 0 Å². The van der Waals surface area contributed by atoms with E-state index in [1.54, 1.807) is 18.2 Å². The second-order valence-electron chi connectivity index (χ2n) is 4.72. The molecular formula is C16H16BrF2NO. The standard InChI is InChI=1S/C16H16BrF2NO/c1-11-3-2-4-12(7-11)9-20-10-13-8-14(17)5-6-15(13)21-16(18)19/h2-8,16,20H,9-10H2,1H3. The average molecular weight is 356 g/mol. The third kappa shape index (κ3) is 5.10. The molecule has 0 unspecified atom stereocenters. The summed E-state index contributed by atoms with van der Waals surface area (Å²) in [5, 5.41) is 3.24. The minimum Gasteiger partial charge on any atom is -0.434 e. The first-order chi connectivity index (χ1) is 10.0. The monoisotopic (exact) mass is 355 g/mol. The highest BCUT2D eigenvalue weighted by molar-refractivity contribution is 9.10. The van der Waals surface area contributed by atoms with Crippen LogP contribution in [0.15, 0.2) is 46.9 Å². The first kappa shape index (κ1) is 15.9. The third-order valence-electron chi connectivity index (χ3n) is 2.97. The number of hydrogen-bond acceptors (Lipinski definition) is 2. The largest absolute Gasteiger partial charge is 0.434 e. The molecule has 0 radical (unpaired) electrons. The van der Waals surface area contributed by atoms with Gasteiger partial charge in [0, 0.05) is 23.1 Å². The Kier molecular flexibility index (Phi) is 5.70. The van der Waals surface area contributed by atoms with Crippen LogP contribution < -0.4 is 10.1 Å². The van der Waals surface area contributed by atoms with Gasteiger partial charge in [-0.3, -0.25) is 0 Å². The van der Waals surface area contributed by atoms with Gasteiger partial charge in [0.25, 0.3) is 0 Å². The highest BCUT2D eigenvalue weighted by Crippen LogP contribution is 2.24. The smallest absolute Gasteiger partial charge is 0.387 e. The van der Waals surface area contributed by atoms with Gasteiger partial charge < -0.3 is 10.1 Å². The van der Waals surface area contributed by atoms with E-state index in [9.17, 15) is 8.78 Å². The molecule has 0 aliphatic carbocycles. The second kappa shape index (κ2) is 7.52. The molecule has 2 rings (SSSR count). The molecule has 0 aliphatic rings. The van der Waals surface area contributed by atoms with Crippen molar-refractivity contribution in [2.75, 3.05) is 0 Å². The van der Waals surface area contributed by atoms with Gasteiger partial charge in [0.05, 0.1) is 0 Å². The van der Waals surface area contributed by atoms with Crippen LogP contribution >= 0.6 is 15.9 Å². The van der Waals surface area contributed by atoms with Crippen molar-refractivity contribution in [3.63, 3.8) is 0 Å². The van der Waals surface area contributed by atoms with Crippen molar-refractivity contribution in [1.29, 1.82) is 0 Å². The normalized spacial score (nSPS) is 10.9. The Labute approximate surface area is 131 Å². The summed E-state index contributed by atoms with van der Waals surface area (Å²) in [4.78, 5) is 0. The van der Waals surface area contributed by atoms with E-state index in [1.807, 2.05) is 25.1 Å². The molecule has 2 aromatic rings. The van der Waals surface area contributed by atoms with Gasteiger partial charge in [0.15, 0.2) is 0 Å². The molecule has 112 valence electrons. The summed E-state index contributed by atoms with van der Waals surface area (Å²) >= 11 is 3.34. The lowest BCUT2D eigenvalue weighted by molar-refractivity contribution is -0.0505. The zero-order valence-corrected chi connectivity index (χ0v) is 13.2. The molecular weight excluding hydrogens is 340 g/mol. The van der Waals surface area contributed by atoms with Gasteiger partial charge in [0.2, 0.25) is 0 Å². The van der Waals surface area contributed by atoms with Crippen molar-refractivity contribution in [2.45, 2.75) is 26.6 Å². The zero-order valence-electron chi connectivity index (χ0n) is 11.6. The SMILES string of the molecule is Cc1cccc(CNCc2cc(Br)ccc2OC(F)F)c1. The van der Waals surface area contributed by atoms with E-state index in [2.05, 4.69) is 32.0 Å². The zero-order chi connectivity index (χ0) is 15.2. The number of halogens is 3. The molecule has 0 amide bonds. The quantitative estimate of drug-likeness (QED) is 0.814. The van der Waals surface area contributed by atoms with Crippen molar-refractivity contribution in [2.24, 2.45) is 0 Å². The fourth-order valence-electron chi connectivity index (χ4n) is 2.06. The molecule has 0 saturated carbocycles. The number of benzene rings is 2. The van der Waals surface area contributed by atoms with Crippen molar-refractivity contribution < 1.29 is 13.5 Å². The number of ether oxygens (including phenoxy) is 1. The van der Waals surface area contributed by atoms with Gasteiger partial charge in [0.1, 0.15) is 5.75 Å². The summed E-state index contributed by atoms with van der Waals surface area (Å²) in [5.74, 6) is 0.199. The van der Waals surface area contributed by atoms with Crippen LogP contribution in [0.2, 0.25) is 0 Å². The Bertz CT molecular complexity index is 605. The summed E-state index contributed by atoms with van der Waals surface area (Å²) in [5.41, 5.74) is 3.04. The Balaban J connectivity index is 2.00. The van der Waals surface area contributed by atoms with Gasteiger partial charge in [-0.2, -0.15) is 8.78 Å². The lowest BCUT2D eigenvalue weighted by Crippen LogP contribution is -2.14. The molecule has 0 fully saturated rings. The average Bonchev–Trinajstić information content (AvgIpc) is 2.41. The van der Waals surface area contributed by atoms with Crippen LogP contribution in [0.3, 0.4) is 0 Å². The van der Waals surface area contributed by atoms with Gasteiger partial charge in [-0.1, -0.05) is 45.8 Å². The fourth-order valence-corrected chi connectivity index (χ4v) is 2.47. The highest BCUT2D eigenvalue weighted by Gasteiger charge is 2.10. The Morgan fingerprint density at radius 1 is 1.14 bits per heavy atom. The van der Waals surface area contributed by atoms with Crippen molar-refractivity contribution in [3.8, 4) is 5.75 Å². The summed E-state index contributed by atoms with van der Waals surface area (Å²) < 4.78 is 30.1.